The van der Waals surface area contributed by atoms with Crippen LogP contribution in [0.1, 0.15) is 13.8 Å². The van der Waals surface area contributed by atoms with E-state index in [9.17, 15) is 4.79 Å². The first-order valence-corrected chi connectivity index (χ1v) is 7.42. The average molecular weight is 306 g/mol. The van der Waals surface area contributed by atoms with Crippen molar-refractivity contribution in [3.05, 3.63) is 23.6 Å². The summed E-state index contributed by atoms with van der Waals surface area (Å²) in [5.74, 6) is 1.21. The Labute approximate surface area is 127 Å². The smallest absolute Gasteiger partial charge is 0.228 e. The third kappa shape index (κ3) is 3.52. The van der Waals surface area contributed by atoms with E-state index in [0.29, 0.717) is 16.6 Å². The minimum atomic E-state index is -0.0709. The Hall–Kier alpha value is -2.08. The molecule has 1 aromatic heterocycles. The van der Waals surface area contributed by atoms with Crippen LogP contribution in [0, 0.1) is 5.92 Å². The van der Waals surface area contributed by atoms with Crippen LogP contribution in [0.25, 0.3) is 11.3 Å². The van der Waals surface area contributed by atoms with Gasteiger partial charge in [-0.15, -0.1) is 11.3 Å². The number of benzene rings is 1. The number of hydrogen-bond donors (Lipinski definition) is 1. The second-order valence-corrected chi connectivity index (χ2v) is 5.61. The van der Waals surface area contributed by atoms with Gasteiger partial charge in [0.25, 0.3) is 0 Å². The standard InChI is InChI=1S/C15H18N2O3S/c1-9(2)14(18)17-15-16-11(8-21-15)10-5-6-12(19-3)13(7-10)20-4/h5-9H,1-4H3,(H,16,17,18). The van der Waals surface area contributed by atoms with Gasteiger partial charge < -0.3 is 14.8 Å². The normalized spacial score (nSPS) is 10.5. The third-order valence-corrected chi connectivity index (χ3v) is 3.70. The number of hydrogen-bond acceptors (Lipinski definition) is 5. The van der Waals surface area contributed by atoms with E-state index in [-0.39, 0.29) is 11.8 Å². The van der Waals surface area contributed by atoms with E-state index in [2.05, 4.69) is 10.3 Å². The zero-order chi connectivity index (χ0) is 15.4. The fourth-order valence-electron chi connectivity index (χ4n) is 1.71. The largest absolute Gasteiger partial charge is 0.493 e. The number of thiazole rings is 1. The van der Waals surface area contributed by atoms with Crippen LogP contribution in [-0.4, -0.2) is 25.1 Å². The Morgan fingerprint density at radius 2 is 1.95 bits per heavy atom. The van der Waals surface area contributed by atoms with Gasteiger partial charge in [-0.25, -0.2) is 4.98 Å². The molecule has 0 aliphatic carbocycles. The van der Waals surface area contributed by atoms with Crippen molar-refractivity contribution < 1.29 is 14.3 Å². The molecule has 0 radical (unpaired) electrons. The zero-order valence-corrected chi connectivity index (χ0v) is 13.3. The van der Waals surface area contributed by atoms with Gasteiger partial charge in [0.2, 0.25) is 5.91 Å². The highest BCUT2D eigenvalue weighted by Crippen LogP contribution is 2.33. The lowest BCUT2D eigenvalue weighted by molar-refractivity contribution is -0.118. The molecule has 6 heteroatoms. The van der Waals surface area contributed by atoms with Gasteiger partial charge in [-0.1, -0.05) is 13.8 Å². The lowest BCUT2D eigenvalue weighted by Crippen LogP contribution is -2.17. The van der Waals surface area contributed by atoms with Crippen molar-refractivity contribution in [1.29, 1.82) is 0 Å². The van der Waals surface area contributed by atoms with Gasteiger partial charge in [0.05, 0.1) is 19.9 Å². The summed E-state index contributed by atoms with van der Waals surface area (Å²) >= 11 is 1.40. The molecule has 0 bridgehead atoms. The fraction of sp³-hybridized carbons (Fsp3) is 0.333. The summed E-state index contributed by atoms with van der Waals surface area (Å²) < 4.78 is 10.5. The lowest BCUT2D eigenvalue weighted by atomic mass is 10.1. The first kappa shape index (κ1) is 15.3. The molecule has 0 saturated carbocycles. The van der Waals surface area contributed by atoms with Gasteiger partial charge in [-0.3, -0.25) is 4.79 Å². The summed E-state index contributed by atoms with van der Waals surface area (Å²) in [6, 6.07) is 5.60. The van der Waals surface area contributed by atoms with Crippen molar-refractivity contribution in [1.82, 2.24) is 4.98 Å². The van der Waals surface area contributed by atoms with Gasteiger partial charge in [0, 0.05) is 16.9 Å². The van der Waals surface area contributed by atoms with Gasteiger partial charge in [0.15, 0.2) is 16.6 Å². The number of nitrogens with zero attached hydrogens (tertiary/aromatic N) is 1. The number of carbonyl (C=O) groups is 1. The maximum Gasteiger partial charge on any atom is 0.228 e. The number of aromatic nitrogens is 1. The molecule has 1 amide bonds. The molecule has 0 atom stereocenters. The first-order chi connectivity index (χ1) is 10.0. The van der Waals surface area contributed by atoms with Crippen molar-refractivity contribution in [2.24, 2.45) is 5.92 Å². The maximum absolute atomic E-state index is 11.7. The van der Waals surface area contributed by atoms with Crippen LogP contribution in [0.2, 0.25) is 0 Å². The molecule has 0 aliphatic rings. The van der Waals surface area contributed by atoms with E-state index in [1.165, 1.54) is 11.3 Å². The predicted molar refractivity (Wildman–Crippen MR) is 84.1 cm³/mol. The van der Waals surface area contributed by atoms with Gasteiger partial charge >= 0.3 is 0 Å². The minimum Gasteiger partial charge on any atom is -0.493 e. The highest BCUT2D eigenvalue weighted by atomic mass is 32.1. The SMILES string of the molecule is COc1ccc(-c2csc(NC(=O)C(C)C)n2)cc1OC. The molecule has 0 saturated heterocycles. The Kier molecular flexibility index (Phi) is 4.80. The second kappa shape index (κ2) is 6.58. The summed E-state index contributed by atoms with van der Waals surface area (Å²) in [6.45, 7) is 3.69. The lowest BCUT2D eigenvalue weighted by Gasteiger charge is -2.08. The Morgan fingerprint density at radius 3 is 2.57 bits per heavy atom. The Morgan fingerprint density at radius 1 is 1.24 bits per heavy atom. The molecule has 1 N–H and O–H groups in total. The van der Waals surface area contributed by atoms with Crippen LogP contribution in [0.3, 0.4) is 0 Å². The van der Waals surface area contributed by atoms with Crippen LogP contribution < -0.4 is 14.8 Å². The monoisotopic (exact) mass is 306 g/mol. The number of rotatable bonds is 5. The van der Waals surface area contributed by atoms with E-state index in [1.807, 2.05) is 37.4 Å². The van der Waals surface area contributed by atoms with Crippen molar-refractivity contribution in [2.45, 2.75) is 13.8 Å². The van der Waals surface area contributed by atoms with Crippen molar-refractivity contribution >= 4 is 22.4 Å². The number of anilines is 1. The van der Waals surface area contributed by atoms with Crippen molar-refractivity contribution in [2.75, 3.05) is 19.5 Å². The maximum atomic E-state index is 11.7. The highest BCUT2D eigenvalue weighted by molar-refractivity contribution is 7.14. The van der Waals surface area contributed by atoms with E-state index < -0.39 is 0 Å². The molecule has 112 valence electrons. The average Bonchev–Trinajstić information content (AvgIpc) is 2.94. The van der Waals surface area contributed by atoms with Crippen molar-refractivity contribution in [3.8, 4) is 22.8 Å². The molecule has 2 aromatic rings. The van der Waals surface area contributed by atoms with Crippen LogP contribution in [-0.2, 0) is 4.79 Å². The Balaban J connectivity index is 2.23. The predicted octanol–water partition coefficient (Wildman–Crippen LogP) is 3.42. The quantitative estimate of drug-likeness (QED) is 0.919. The fourth-order valence-corrected chi connectivity index (χ4v) is 2.43. The number of amides is 1. The highest BCUT2D eigenvalue weighted by Gasteiger charge is 2.12. The molecule has 0 fully saturated rings. The van der Waals surface area contributed by atoms with Gasteiger partial charge in [-0.05, 0) is 18.2 Å². The molecular weight excluding hydrogens is 288 g/mol. The van der Waals surface area contributed by atoms with E-state index in [0.717, 1.165) is 11.3 Å². The second-order valence-electron chi connectivity index (χ2n) is 4.75. The van der Waals surface area contributed by atoms with Crippen LogP contribution in [0.5, 0.6) is 11.5 Å². The number of carbonyl (C=O) groups excluding carboxylic acids is 1. The van der Waals surface area contributed by atoms with Crippen LogP contribution >= 0.6 is 11.3 Å². The minimum absolute atomic E-state index is 0.0387. The summed E-state index contributed by atoms with van der Waals surface area (Å²) in [6.07, 6.45) is 0. The molecule has 0 unspecified atom stereocenters. The van der Waals surface area contributed by atoms with E-state index in [4.69, 9.17) is 9.47 Å². The summed E-state index contributed by atoms with van der Waals surface area (Å²) in [5.41, 5.74) is 1.70. The number of methoxy groups -OCH3 is 2. The summed E-state index contributed by atoms with van der Waals surface area (Å²) in [4.78, 5) is 16.1. The van der Waals surface area contributed by atoms with E-state index >= 15 is 0 Å². The van der Waals surface area contributed by atoms with Crippen LogP contribution in [0.4, 0.5) is 5.13 Å². The van der Waals surface area contributed by atoms with Gasteiger partial charge in [0.1, 0.15) is 0 Å². The first-order valence-electron chi connectivity index (χ1n) is 6.54. The molecule has 0 aliphatic heterocycles. The third-order valence-electron chi connectivity index (χ3n) is 2.94. The van der Waals surface area contributed by atoms with Crippen LogP contribution in [0.15, 0.2) is 23.6 Å². The zero-order valence-electron chi connectivity index (χ0n) is 12.5. The topological polar surface area (TPSA) is 60.5 Å². The number of ether oxygens (including phenoxy) is 2. The molecule has 1 aromatic carbocycles. The summed E-state index contributed by atoms with van der Waals surface area (Å²) in [7, 11) is 3.19. The molecular formula is C15H18N2O3S. The van der Waals surface area contributed by atoms with Gasteiger partial charge in [-0.2, -0.15) is 0 Å². The molecule has 21 heavy (non-hydrogen) atoms. The summed E-state index contributed by atoms with van der Waals surface area (Å²) in [5, 5.41) is 5.29. The molecule has 2 rings (SSSR count). The molecule has 1 heterocycles. The Bertz CT molecular complexity index is 638. The molecule has 0 spiro atoms. The molecule has 5 nitrogen and oxygen atoms in total. The number of nitrogens with one attached hydrogen (secondary N) is 1. The van der Waals surface area contributed by atoms with Crippen molar-refractivity contribution in [3.63, 3.8) is 0 Å². The van der Waals surface area contributed by atoms with E-state index in [1.54, 1.807) is 14.2 Å².